The van der Waals surface area contributed by atoms with E-state index in [2.05, 4.69) is 77.9 Å². The highest BCUT2D eigenvalue weighted by atomic mass is 16.3. The molecule has 0 saturated heterocycles. The predicted molar refractivity (Wildman–Crippen MR) is 198 cm³/mol. The van der Waals surface area contributed by atoms with Gasteiger partial charge in [0, 0.05) is 12.0 Å². The molecule has 0 atom stereocenters. The van der Waals surface area contributed by atoms with Gasteiger partial charge in [0.15, 0.2) is 0 Å². The van der Waals surface area contributed by atoms with Gasteiger partial charge >= 0.3 is 0 Å². The number of aryl methyl sites for hydroxylation is 2. The van der Waals surface area contributed by atoms with Crippen LogP contribution in [0.3, 0.4) is 0 Å². The molecule has 0 amide bonds. The minimum atomic E-state index is 0.458. The van der Waals surface area contributed by atoms with Crippen molar-refractivity contribution in [2.75, 3.05) is 0 Å². The molecule has 0 spiro atoms. The molecule has 1 nitrogen and oxygen atoms in total. The average molecular weight is 611 g/mol. The normalized spacial score (nSPS) is 11.4. The summed E-state index contributed by atoms with van der Waals surface area (Å²) in [5.74, 6) is 0.458. The summed E-state index contributed by atoms with van der Waals surface area (Å²) in [6, 6.07) is 16.0. The zero-order valence-corrected chi connectivity index (χ0v) is 30.1. The van der Waals surface area contributed by atoms with Crippen LogP contribution in [0.2, 0.25) is 0 Å². The molecule has 248 valence electrons. The van der Waals surface area contributed by atoms with E-state index in [0.29, 0.717) is 5.75 Å². The van der Waals surface area contributed by atoms with Crippen LogP contribution in [-0.4, -0.2) is 5.11 Å². The Hall–Kier alpha value is -2.54. The third-order valence-electron chi connectivity index (χ3n) is 9.97. The van der Waals surface area contributed by atoms with E-state index in [1.807, 2.05) is 6.07 Å². The number of unbranched alkanes of at least 4 members (excludes halogenated alkanes) is 6. The highest BCUT2D eigenvalue weighted by Crippen LogP contribution is 2.33. The van der Waals surface area contributed by atoms with Gasteiger partial charge in [-0.05, 0) is 140 Å². The number of rotatable bonds is 22. The van der Waals surface area contributed by atoms with Crippen LogP contribution in [0, 0.1) is 0 Å². The molecule has 0 radical (unpaired) electrons. The van der Waals surface area contributed by atoms with Crippen LogP contribution in [0.15, 0.2) is 42.5 Å². The summed E-state index contributed by atoms with van der Waals surface area (Å²) in [6.45, 7) is 13.9. The van der Waals surface area contributed by atoms with Crippen molar-refractivity contribution in [2.24, 2.45) is 0 Å². The smallest absolute Gasteiger partial charge is 0.119 e. The molecule has 0 heterocycles. The predicted octanol–water partition coefficient (Wildman–Crippen LogP) is 12.6. The molecule has 3 aromatic carbocycles. The largest absolute Gasteiger partial charge is 0.508 e. The number of aromatic hydroxyl groups is 1. The molecular weight excluding hydrogens is 544 g/mol. The summed E-state index contributed by atoms with van der Waals surface area (Å²) in [5.41, 5.74) is 14.9. The van der Waals surface area contributed by atoms with Crippen molar-refractivity contribution >= 4 is 0 Å². The summed E-state index contributed by atoms with van der Waals surface area (Å²) >= 11 is 0. The van der Waals surface area contributed by atoms with Crippen molar-refractivity contribution in [3.05, 3.63) is 98.1 Å². The second kappa shape index (κ2) is 20.6. The molecule has 0 unspecified atom stereocenters. The Kier molecular flexibility index (Phi) is 16.9. The molecule has 0 aliphatic carbocycles. The lowest BCUT2D eigenvalue weighted by Crippen LogP contribution is -2.09. The fraction of sp³-hybridized carbons (Fsp3) is 0.591. The SMILES string of the molecule is CCCCc1ccc(Cc2cccc(O)c2Cc2ccc(CCCC)c(CCCC)c2CCCC)c(CCCC)c1CCCC. The fourth-order valence-electron chi connectivity index (χ4n) is 7.16. The summed E-state index contributed by atoms with van der Waals surface area (Å²) in [7, 11) is 0. The Labute approximate surface area is 278 Å². The second-order valence-corrected chi connectivity index (χ2v) is 13.6. The minimum absolute atomic E-state index is 0.458. The van der Waals surface area contributed by atoms with Crippen LogP contribution in [-0.2, 0) is 51.4 Å². The molecule has 0 bridgehead atoms. The van der Waals surface area contributed by atoms with Crippen LogP contribution < -0.4 is 0 Å². The van der Waals surface area contributed by atoms with Gasteiger partial charge in [-0.2, -0.15) is 0 Å². The molecule has 0 aromatic heterocycles. The third-order valence-corrected chi connectivity index (χ3v) is 9.97. The molecule has 3 aromatic rings. The molecule has 45 heavy (non-hydrogen) atoms. The van der Waals surface area contributed by atoms with Gasteiger partial charge in [-0.3, -0.25) is 0 Å². The van der Waals surface area contributed by atoms with E-state index in [-0.39, 0.29) is 0 Å². The van der Waals surface area contributed by atoms with Crippen molar-refractivity contribution in [1.82, 2.24) is 0 Å². The monoisotopic (exact) mass is 611 g/mol. The fourth-order valence-corrected chi connectivity index (χ4v) is 7.16. The Bertz CT molecular complexity index is 1280. The first-order chi connectivity index (χ1) is 22.0. The standard InChI is InChI=1S/C44H66O/c1-7-13-20-34-28-30-37(41(25-17-11-5)39(34)23-15-9-3)32-36-22-19-27-44(45)43(36)33-38-31-29-35(21-14-8-2)40(24-16-10-4)42(38)26-18-12-6/h19,22,27-31,45H,7-18,20-21,23-26,32-33H2,1-6H3. The van der Waals surface area contributed by atoms with Gasteiger partial charge in [0.1, 0.15) is 5.75 Å². The van der Waals surface area contributed by atoms with Gasteiger partial charge < -0.3 is 5.11 Å². The first-order valence-corrected chi connectivity index (χ1v) is 19.1. The van der Waals surface area contributed by atoms with Gasteiger partial charge in [0.05, 0.1) is 0 Å². The average Bonchev–Trinajstić information content (AvgIpc) is 3.05. The van der Waals surface area contributed by atoms with E-state index >= 15 is 0 Å². The Morgan fingerprint density at radius 1 is 0.356 bits per heavy atom. The van der Waals surface area contributed by atoms with Gasteiger partial charge in [-0.1, -0.05) is 116 Å². The number of hydrogen-bond donors (Lipinski definition) is 1. The van der Waals surface area contributed by atoms with Crippen molar-refractivity contribution in [1.29, 1.82) is 0 Å². The van der Waals surface area contributed by atoms with Crippen molar-refractivity contribution in [2.45, 2.75) is 170 Å². The maximum Gasteiger partial charge on any atom is 0.119 e. The van der Waals surface area contributed by atoms with Gasteiger partial charge in [0.2, 0.25) is 0 Å². The first kappa shape index (κ1) is 36.9. The second-order valence-electron chi connectivity index (χ2n) is 13.6. The van der Waals surface area contributed by atoms with Crippen molar-refractivity contribution in [3.8, 4) is 5.75 Å². The Morgan fingerprint density at radius 2 is 0.689 bits per heavy atom. The first-order valence-electron chi connectivity index (χ1n) is 19.1. The minimum Gasteiger partial charge on any atom is -0.508 e. The topological polar surface area (TPSA) is 20.2 Å². The van der Waals surface area contributed by atoms with E-state index in [9.17, 15) is 5.11 Å². The molecule has 0 saturated carbocycles. The molecule has 0 aliphatic rings. The van der Waals surface area contributed by atoms with E-state index < -0.39 is 0 Å². The number of benzene rings is 3. The highest BCUT2D eigenvalue weighted by molar-refractivity contribution is 5.51. The molecule has 1 N–H and O–H groups in total. The summed E-state index contributed by atoms with van der Waals surface area (Å²) in [6.07, 6.45) is 23.7. The molecule has 0 aliphatic heterocycles. The zero-order valence-electron chi connectivity index (χ0n) is 30.1. The van der Waals surface area contributed by atoms with E-state index in [4.69, 9.17) is 0 Å². The third kappa shape index (κ3) is 10.8. The van der Waals surface area contributed by atoms with Gasteiger partial charge in [-0.15, -0.1) is 0 Å². The molecule has 3 rings (SSSR count). The molecule has 1 heteroatoms. The van der Waals surface area contributed by atoms with E-state index in [1.54, 1.807) is 33.4 Å². The van der Waals surface area contributed by atoms with Crippen molar-refractivity contribution in [3.63, 3.8) is 0 Å². The maximum absolute atomic E-state index is 11.4. The lowest BCUT2D eigenvalue weighted by atomic mass is 9.83. The summed E-state index contributed by atoms with van der Waals surface area (Å²) < 4.78 is 0. The van der Waals surface area contributed by atoms with Gasteiger partial charge in [0.25, 0.3) is 0 Å². The highest BCUT2D eigenvalue weighted by Gasteiger charge is 2.19. The van der Waals surface area contributed by atoms with Crippen molar-refractivity contribution < 1.29 is 5.11 Å². The summed E-state index contributed by atoms with van der Waals surface area (Å²) in [5, 5.41) is 11.4. The van der Waals surface area contributed by atoms with E-state index in [1.165, 1.54) is 126 Å². The molecular formula is C44H66O. The quantitative estimate of drug-likeness (QED) is 0.120. The zero-order chi connectivity index (χ0) is 32.4. The maximum atomic E-state index is 11.4. The van der Waals surface area contributed by atoms with Crippen LogP contribution in [0.25, 0.3) is 0 Å². The number of phenols is 1. The lowest BCUT2D eigenvalue weighted by molar-refractivity contribution is 0.468. The lowest BCUT2D eigenvalue weighted by Gasteiger charge is -2.22. The van der Waals surface area contributed by atoms with Crippen LogP contribution in [0.4, 0.5) is 0 Å². The van der Waals surface area contributed by atoms with E-state index in [0.717, 1.165) is 24.8 Å². The molecule has 0 fully saturated rings. The Balaban J connectivity index is 2.09. The number of phenolic OH excluding ortho intramolecular Hbond substituents is 1. The van der Waals surface area contributed by atoms with Crippen LogP contribution in [0.1, 0.15) is 174 Å². The Morgan fingerprint density at radius 3 is 1.11 bits per heavy atom. The van der Waals surface area contributed by atoms with Gasteiger partial charge in [-0.25, -0.2) is 0 Å². The van der Waals surface area contributed by atoms with Crippen LogP contribution in [0.5, 0.6) is 5.75 Å². The number of hydrogen-bond acceptors (Lipinski definition) is 1. The summed E-state index contributed by atoms with van der Waals surface area (Å²) in [4.78, 5) is 0. The van der Waals surface area contributed by atoms with Crippen LogP contribution >= 0.6 is 0 Å².